The second-order valence-corrected chi connectivity index (χ2v) is 7.59. The van der Waals surface area contributed by atoms with Gasteiger partial charge in [0.05, 0.1) is 52.5 Å². The molecule has 1 aliphatic heterocycles. The Labute approximate surface area is 170 Å². The molecule has 1 fully saturated rings. The number of hydrogen-bond donors (Lipinski definition) is 0. The highest BCUT2D eigenvalue weighted by Gasteiger charge is 2.32. The number of carbonyl (C=O) groups excluding carboxylic acids is 4. The van der Waals surface area contributed by atoms with Crippen molar-refractivity contribution in [3.05, 3.63) is 0 Å². The van der Waals surface area contributed by atoms with Crippen LogP contribution in [0.1, 0.15) is 46.5 Å². The lowest BCUT2D eigenvalue weighted by Gasteiger charge is -2.16. The van der Waals surface area contributed by atoms with Crippen LogP contribution in [0.3, 0.4) is 0 Å². The molecule has 10 nitrogen and oxygen atoms in total. The Morgan fingerprint density at radius 1 is 0.793 bits per heavy atom. The zero-order valence-electron chi connectivity index (χ0n) is 17.4. The van der Waals surface area contributed by atoms with Crippen LogP contribution in [-0.4, -0.2) is 75.1 Å². The molecule has 0 spiro atoms. The lowest BCUT2D eigenvalue weighted by Crippen LogP contribution is -2.32. The molecular formula is C19H31NO9. The molecule has 1 heterocycles. The lowest BCUT2D eigenvalue weighted by atomic mass is 9.93. The summed E-state index contributed by atoms with van der Waals surface area (Å²) in [6.45, 7) is 7.84. The maximum absolute atomic E-state index is 11.5. The quantitative estimate of drug-likeness (QED) is 0.232. The molecule has 0 aliphatic carbocycles. The van der Waals surface area contributed by atoms with Crippen LogP contribution in [0.4, 0.5) is 0 Å². The minimum absolute atomic E-state index is 0.0615. The molecule has 10 heteroatoms. The van der Waals surface area contributed by atoms with Crippen LogP contribution in [0.5, 0.6) is 0 Å². The second kappa shape index (κ2) is 13.2. The average molecular weight is 417 g/mol. The van der Waals surface area contributed by atoms with Gasteiger partial charge < -0.3 is 23.8 Å². The first kappa shape index (κ1) is 25.0. The van der Waals surface area contributed by atoms with E-state index in [0.717, 1.165) is 0 Å². The van der Waals surface area contributed by atoms with Gasteiger partial charge in [-0.2, -0.15) is 0 Å². The summed E-state index contributed by atoms with van der Waals surface area (Å²) in [6.07, 6.45) is 0.411. The molecule has 1 aliphatic rings. The van der Waals surface area contributed by atoms with E-state index in [1.165, 1.54) is 0 Å². The van der Waals surface area contributed by atoms with Crippen LogP contribution in [0.25, 0.3) is 0 Å². The molecule has 0 saturated carbocycles. The van der Waals surface area contributed by atoms with E-state index in [1.807, 2.05) is 20.8 Å². The molecular weight excluding hydrogens is 386 g/mol. The van der Waals surface area contributed by atoms with E-state index in [4.69, 9.17) is 23.8 Å². The van der Waals surface area contributed by atoms with Crippen molar-refractivity contribution in [2.75, 3.05) is 46.2 Å². The van der Waals surface area contributed by atoms with E-state index in [2.05, 4.69) is 0 Å². The molecule has 0 radical (unpaired) electrons. The molecule has 29 heavy (non-hydrogen) atoms. The first-order valence-corrected chi connectivity index (χ1v) is 9.64. The van der Waals surface area contributed by atoms with E-state index < -0.39 is 17.8 Å². The van der Waals surface area contributed by atoms with Crippen molar-refractivity contribution < 1.29 is 43.0 Å². The van der Waals surface area contributed by atoms with Gasteiger partial charge >= 0.3 is 11.9 Å². The number of imide groups is 1. The maximum atomic E-state index is 11.5. The molecule has 2 amide bonds. The molecule has 0 aromatic heterocycles. The van der Waals surface area contributed by atoms with Crippen LogP contribution in [0.15, 0.2) is 0 Å². The van der Waals surface area contributed by atoms with Gasteiger partial charge in [0.25, 0.3) is 11.8 Å². The highest BCUT2D eigenvalue weighted by molar-refractivity contribution is 6.01. The molecule has 1 rings (SSSR count). The Morgan fingerprint density at radius 3 is 1.79 bits per heavy atom. The monoisotopic (exact) mass is 417 g/mol. The fraction of sp³-hybridized carbons (Fsp3) is 0.789. The van der Waals surface area contributed by atoms with Crippen molar-refractivity contribution in [1.29, 1.82) is 0 Å². The van der Waals surface area contributed by atoms with Crippen LogP contribution < -0.4 is 0 Å². The molecule has 1 saturated heterocycles. The molecule has 0 bridgehead atoms. The SMILES string of the molecule is CC(C)(C)CC(=O)OCCOCCOCCOCCC(=O)ON1C(=O)CCC1=O. The van der Waals surface area contributed by atoms with Gasteiger partial charge in [0.2, 0.25) is 0 Å². The summed E-state index contributed by atoms with van der Waals surface area (Å²) < 4.78 is 20.9. The van der Waals surface area contributed by atoms with Crippen molar-refractivity contribution in [2.24, 2.45) is 5.41 Å². The third kappa shape index (κ3) is 12.2. The number of hydrogen-bond acceptors (Lipinski definition) is 9. The average Bonchev–Trinajstić information content (AvgIpc) is 2.93. The zero-order chi connectivity index (χ0) is 21.7. The van der Waals surface area contributed by atoms with Crippen molar-refractivity contribution in [1.82, 2.24) is 5.06 Å². The van der Waals surface area contributed by atoms with E-state index in [1.54, 1.807) is 0 Å². The van der Waals surface area contributed by atoms with Crippen molar-refractivity contribution in [3.8, 4) is 0 Å². The van der Waals surface area contributed by atoms with Gasteiger partial charge in [0, 0.05) is 12.8 Å². The summed E-state index contributed by atoms with van der Waals surface area (Å²) in [4.78, 5) is 50.3. The van der Waals surface area contributed by atoms with Gasteiger partial charge in [0.1, 0.15) is 6.61 Å². The lowest BCUT2D eigenvalue weighted by molar-refractivity contribution is -0.198. The Morgan fingerprint density at radius 2 is 1.28 bits per heavy atom. The number of esters is 1. The number of ether oxygens (including phenoxy) is 4. The third-order valence-corrected chi connectivity index (χ3v) is 3.56. The largest absolute Gasteiger partial charge is 0.463 e. The van der Waals surface area contributed by atoms with E-state index in [0.29, 0.717) is 37.9 Å². The Balaban J connectivity index is 1.86. The highest BCUT2D eigenvalue weighted by Crippen LogP contribution is 2.18. The summed E-state index contributed by atoms with van der Waals surface area (Å²) in [5.74, 6) is -1.96. The third-order valence-electron chi connectivity index (χ3n) is 3.56. The molecule has 166 valence electrons. The Kier molecular flexibility index (Phi) is 11.4. The maximum Gasteiger partial charge on any atom is 0.335 e. The van der Waals surface area contributed by atoms with E-state index in [-0.39, 0.29) is 50.5 Å². The van der Waals surface area contributed by atoms with Gasteiger partial charge in [-0.25, -0.2) is 4.79 Å². The molecule has 0 unspecified atom stereocenters. The van der Waals surface area contributed by atoms with Crippen LogP contribution >= 0.6 is 0 Å². The molecule has 0 aromatic carbocycles. The Hall–Kier alpha value is -2.04. The molecule has 0 aromatic rings. The fourth-order valence-corrected chi connectivity index (χ4v) is 2.20. The van der Waals surface area contributed by atoms with Gasteiger partial charge in [-0.05, 0) is 5.41 Å². The normalized spacial score (nSPS) is 14.4. The summed E-state index contributed by atoms with van der Waals surface area (Å²) in [5.41, 5.74) is -0.0971. The second-order valence-electron chi connectivity index (χ2n) is 7.59. The van der Waals surface area contributed by atoms with Crippen LogP contribution in [-0.2, 0) is 43.0 Å². The number of amides is 2. The van der Waals surface area contributed by atoms with Gasteiger partial charge in [-0.3, -0.25) is 14.4 Å². The smallest absolute Gasteiger partial charge is 0.335 e. The topological polar surface area (TPSA) is 118 Å². The summed E-state index contributed by atoms with van der Waals surface area (Å²) in [7, 11) is 0. The predicted octanol–water partition coefficient (Wildman–Crippen LogP) is 1.01. The molecule has 0 N–H and O–H groups in total. The minimum Gasteiger partial charge on any atom is -0.463 e. The van der Waals surface area contributed by atoms with Gasteiger partial charge in [-0.15, -0.1) is 5.06 Å². The van der Waals surface area contributed by atoms with Gasteiger partial charge in [0.15, 0.2) is 0 Å². The Bertz CT molecular complexity index is 540. The predicted molar refractivity (Wildman–Crippen MR) is 99.3 cm³/mol. The van der Waals surface area contributed by atoms with Gasteiger partial charge in [-0.1, -0.05) is 20.8 Å². The first-order chi connectivity index (χ1) is 13.7. The van der Waals surface area contributed by atoms with E-state index in [9.17, 15) is 19.2 Å². The minimum atomic E-state index is -0.703. The van der Waals surface area contributed by atoms with Crippen LogP contribution in [0.2, 0.25) is 0 Å². The number of rotatable bonds is 14. The number of nitrogens with zero attached hydrogens (tertiary/aromatic N) is 1. The fourth-order valence-electron chi connectivity index (χ4n) is 2.20. The molecule has 0 atom stereocenters. The first-order valence-electron chi connectivity index (χ1n) is 9.64. The van der Waals surface area contributed by atoms with E-state index >= 15 is 0 Å². The van der Waals surface area contributed by atoms with Crippen molar-refractivity contribution >= 4 is 23.8 Å². The zero-order valence-corrected chi connectivity index (χ0v) is 17.4. The van der Waals surface area contributed by atoms with Crippen molar-refractivity contribution in [2.45, 2.75) is 46.5 Å². The van der Waals surface area contributed by atoms with Crippen molar-refractivity contribution in [3.63, 3.8) is 0 Å². The standard InChI is InChI=1S/C19H31NO9/c1-19(2,3)14-18(24)28-13-12-27-11-10-26-9-8-25-7-6-17(23)29-20-15(21)4-5-16(20)22/h4-14H2,1-3H3. The summed E-state index contributed by atoms with van der Waals surface area (Å²) in [5, 5.41) is 0.511. The highest BCUT2D eigenvalue weighted by atomic mass is 16.7. The van der Waals surface area contributed by atoms with Crippen LogP contribution in [0, 0.1) is 5.41 Å². The number of carbonyl (C=O) groups is 4. The summed E-state index contributed by atoms with van der Waals surface area (Å²) in [6, 6.07) is 0. The summed E-state index contributed by atoms with van der Waals surface area (Å²) >= 11 is 0. The number of hydroxylamine groups is 2.